The van der Waals surface area contributed by atoms with Crippen molar-refractivity contribution in [3.63, 3.8) is 0 Å². The average molecular weight is 358 g/mol. The highest BCUT2D eigenvalue weighted by Crippen LogP contribution is 2.28. The molecule has 4 rings (SSSR count). The molecule has 2 atom stereocenters. The Hall–Kier alpha value is -2.47. The van der Waals surface area contributed by atoms with E-state index in [2.05, 4.69) is 10.6 Å². The van der Waals surface area contributed by atoms with Gasteiger partial charge in [0.15, 0.2) is 11.6 Å². The van der Waals surface area contributed by atoms with E-state index in [-0.39, 0.29) is 17.7 Å². The lowest BCUT2D eigenvalue weighted by Gasteiger charge is -2.29. The summed E-state index contributed by atoms with van der Waals surface area (Å²) in [5.41, 5.74) is 0.530. The van der Waals surface area contributed by atoms with Crippen LogP contribution in [-0.4, -0.2) is 24.0 Å². The van der Waals surface area contributed by atoms with Gasteiger partial charge in [-0.05, 0) is 62.1 Å². The summed E-state index contributed by atoms with van der Waals surface area (Å²) in [5.74, 6) is -1.22. The number of rotatable bonds is 4. The summed E-state index contributed by atoms with van der Waals surface area (Å²) in [6.45, 7) is 0. The number of amides is 1. The smallest absolute Gasteiger partial charge is 0.251 e. The first kappa shape index (κ1) is 17.0. The Labute approximate surface area is 150 Å². The van der Waals surface area contributed by atoms with E-state index in [1.807, 2.05) is 0 Å². The van der Waals surface area contributed by atoms with E-state index in [0.29, 0.717) is 23.4 Å². The largest absolute Gasteiger partial charge is 0.454 e. The van der Waals surface area contributed by atoms with Gasteiger partial charge < -0.3 is 15.4 Å². The van der Waals surface area contributed by atoms with Gasteiger partial charge in [0.05, 0.1) is 0 Å². The summed E-state index contributed by atoms with van der Waals surface area (Å²) in [6.07, 6.45) is 4.30. The number of benzene rings is 2. The monoisotopic (exact) mass is 358 g/mol. The second kappa shape index (κ2) is 7.03. The lowest BCUT2D eigenvalue weighted by atomic mass is 9.99. The number of hydrogen-bond donors (Lipinski definition) is 2. The highest BCUT2D eigenvalue weighted by atomic mass is 19.1. The maximum Gasteiger partial charge on any atom is 0.251 e. The Kier molecular flexibility index (Phi) is 4.59. The summed E-state index contributed by atoms with van der Waals surface area (Å²) in [6, 6.07) is 10.8. The zero-order chi connectivity index (χ0) is 18.1. The quantitative estimate of drug-likeness (QED) is 0.875. The van der Waals surface area contributed by atoms with Gasteiger partial charge in [0.2, 0.25) is 0 Å². The van der Waals surface area contributed by atoms with Gasteiger partial charge in [-0.25, -0.2) is 8.78 Å². The molecule has 1 amide bonds. The number of carbonyl (C=O) groups excluding carboxylic acids is 1. The molecule has 136 valence electrons. The van der Waals surface area contributed by atoms with Crippen LogP contribution in [0.2, 0.25) is 0 Å². The number of fused-ring (bicyclic) bond motifs is 2. The third kappa shape index (κ3) is 3.70. The molecule has 0 saturated carbocycles. The van der Waals surface area contributed by atoms with Crippen molar-refractivity contribution in [3.8, 4) is 11.5 Å². The van der Waals surface area contributed by atoms with Crippen molar-refractivity contribution in [2.24, 2.45) is 0 Å². The zero-order valence-corrected chi connectivity index (χ0v) is 14.2. The molecular weight excluding hydrogens is 338 g/mol. The molecule has 6 heteroatoms. The van der Waals surface area contributed by atoms with Gasteiger partial charge in [0.25, 0.3) is 5.91 Å². The van der Waals surface area contributed by atoms with Gasteiger partial charge >= 0.3 is 0 Å². The molecule has 0 radical (unpaired) electrons. The molecule has 2 N–H and O–H groups in total. The summed E-state index contributed by atoms with van der Waals surface area (Å²) in [4.78, 5) is 12.4. The van der Waals surface area contributed by atoms with Crippen molar-refractivity contribution in [3.05, 3.63) is 59.7 Å². The summed E-state index contributed by atoms with van der Waals surface area (Å²) in [5, 5.41) is 6.65. The Balaban J connectivity index is 1.38. The molecule has 4 nitrogen and oxygen atoms in total. The molecule has 2 aliphatic rings. The van der Waals surface area contributed by atoms with Crippen LogP contribution in [0.15, 0.2) is 42.5 Å². The van der Waals surface area contributed by atoms with Crippen LogP contribution < -0.4 is 15.4 Å². The average Bonchev–Trinajstić information content (AvgIpc) is 2.96. The van der Waals surface area contributed by atoms with Gasteiger partial charge in [0, 0.05) is 29.8 Å². The number of piperidine rings is 1. The van der Waals surface area contributed by atoms with E-state index in [1.165, 1.54) is 18.9 Å². The number of nitrogens with one attached hydrogen (secondary N) is 2. The van der Waals surface area contributed by atoms with Gasteiger partial charge in [-0.3, -0.25) is 4.79 Å². The van der Waals surface area contributed by atoms with E-state index in [4.69, 9.17) is 4.74 Å². The van der Waals surface area contributed by atoms with Crippen LogP contribution in [0.3, 0.4) is 0 Å². The second-order valence-electron chi connectivity index (χ2n) is 6.98. The molecule has 2 bridgehead atoms. The van der Waals surface area contributed by atoms with E-state index >= 15 is 0 Å². The molecule has 0 aromatic heterocycles. The van der Waals surface area contributed by atoms with Crippen molar-refractivity contribution in [1.82, 2.24) is 10.6 Å². The first-order valence-electron chi connectivity index (χ1n) is 8.87. The van der Waals surface area contributed by atoms with Crippen LogP contribution in [-0.2, 0) is 0 Å². The van der Waals surface area contributed by atoms with Gasteiger partial charge in [-0.2, -0.15) is 0 Å². The lowest BCUT2D eigenvalue weighted by Crippen LogP contribution is -2.48. The van der Waals surface area contributed by atoms with E-state index in [9.17, 15) is 13.6 Å². The SMILES string of the molecule is O=C(NC1CC2CCC(C1)N2)c1ccc(Oc2ccc(F)cc2F)cc1. The van der Waals surface area contributed by atoms with Crippen LogP contribution >= 0.6 is 0 Å². The van der Waals surface area contributed by atoms with Gasteiger partial charge in [-0.15, -0.1) is 0 Å². The maximum absolute atomic E-state index is 13.6. The van der Waals surface area contributed by atoms with E-state index in [1.54, 1.807) is 24.3 Å². The molecule has 2 fully saturated rings. The van der Waals surface area contributed by atoms with Crippen molar-refractivity contribution in [2.75, 3.05) is 0 Å². The molecule has 26 heavy (non-hydrogen) atoms. The molecular formula is C20H20F2N2O2. The fourth-order valence-corrected chi connectivity index (χ4v) is 3.80. The van der Waals surface area contributed by atoms with Crippen LogP contribution in [0.5, 0.6) is 11.5 Å². The Morgan fingerprint density at radius 3 is 2.38 bits per heavy atom. The first-order valence-corrected chi connectivity index (χ1v) is 8.87. The minimum atomic E-state index is -0.771. The molecule has 2 aromatic rings. The Morgan fingerprint density at radius 1 is 1.04 bits per heavy atom. The van der Waals surface area contributed by atoms with Gasteiger partial charge in [0.1, 0.15) is 11.6 Å². The van der Waals surface area contributed by atoms with E-state index in [0.717, 1.165) is 25.0 Å². The van der Waals surface area contributed by atoms with Crippen LogP contribution in [0.1, 0.15) is 36.0 Å². The minimum absolute atomic E-state index is 0.0613. The first-order chi connectivity index (χ1) is 12.6. The zero-order valence-electron chi connectivity index (χ0n) is 14.2. The normalized spacial score (nSPS) is 24.3. The third-order valence-electron chi connectivity index (χ3n) is 5.05. The second-order valence-corrected chi connectivity index (χ2v) is 6.98. The number of hydrogen-bond acceptors (Lipinski definition) is 3. The summed E-state index contributed by atoms with van der Waals surface area (Å²) < 4.78 is 32.0. The molecule has 0 spiro atoms. The van der Waals surface area contributed by atoms with Crippen LogP contribution in [0.25, 0.3) is 0 Å². The molecule has 0 aliphatic carbocycles. The molecule has 2 aliphatic heterocycles. The molecule has 2 aromatic carbocycles. The predicted molar refractivity (Wildman–Crippen MR) is 93.3 cm³/mol. The van der Waals surface area contributed by atoms with Gasteiger partial charge in [-0.1, -0.05) is 0 Å². The molecule has 2 heterocycles. The summed E-state index contributed by atoms with van der Waals surface area (Å²) >= 11 is 0. The Bertz CT molecular complexity index is 798. The molecule has 2 unspecified atom stereocenters. The third-order valence-corrected chi connectivity index (χ3v) is 5.05. The predicted octanol–water partition coefficient (Wildman–Crippen LogP) is 3.77. The fraction of sp³-hybridized carbons (Fsp3) is 0.350. The van der Waals surface area contributed by atoms with E-state index < -0.39 is 11.6 Å². The number of carbonyl (C=O) groups is 1. The van der Waals surface area contributed by atoms with Crippen molar-refractivity contribution < 1.29 is 18.3 Å². The topological polar surface area (TPSA) is 50.4 Å². The number of ether oxygens (including phenoxy) is 1. The van der Waals surface area contributed by atoms with Crippen molar-refractivity contribution in [1.29, 1.82) is 0 Å². The molecule has 2 saturated heterocycles. The maximum atomic E-state index is 13.6. The fourth-order valence-electron chi connectivity index (χ4n) is 3.80. The highest BCUT2D eigenvalue weighted by molar-refractivity contribution is 5.94. The lowest BCUT2D eigenvalue weighted by molar-refractivity contribution is 0.0924. The van der Waals surface area contributed by atoms with Crippen molar-refractivity contribution >= 4 is 5.91 Å². The van der Waals surface area contributed by atoms with Crippen molar-refractivity contribution in [2.45, 2.75) is 43.8 Å². The minimum Gasteiger partial charge on any atom is -0.454 e. The standard InChI is InChI=1S/C20H20F2N2O2/c21-13-3-8-19(18(22)9-13)26-17-6-1-12(2-7-17)20(25)24-16-10-14-4-5-15(11-16)23-14/h1-3,6-9,14-16,23H,4-5,10-11H2,(H,24,25). The highest BCUT2D eigenvalue weighted by Gasteiger charge is 2.34. The van der Waals surface area contributed by atoms with Crippen LogP contribution in [0.4, 0.5) is 8.78 Å². The Morgan fingerprint density at radius 2 is 1.73 bits per heavy atom. The van der Waals surface area contributed by atoms with Crippen LogP contribution in [0, 0.1) is 11.6 Å². The summed E-state index contributed by atoms with van der Waals surface area (Å²) in [7, 11) is 0. The number of halogens is 2.